The maximum Gasteiger partial charge on any atom is 0.160 e. The number of benzene rings is 8. The van der Waals surface area contributed by atoms with Gasteiger partial charge in [0, 0.05) is 17.3 Å². The van der Waals surface area contributed by atoms with Crippen LogP contribution in [0.3, 0.4) is 0 Å². The number of pyridine rings is 1. The fourth-order valence-corrected chi connectivity index (χ4v) is 8.64. The van der Waals surface area contributed by atoms with Crippen LogP contribution in [0.15, 0.2) is 200 Å². The summed E-state index contributed by atoms with van der Waals surface area (Å²) in [6, 6.07) is 69.1. The summed E-state index contributed by atoms with van der Waals surface area (Å²) in [5.74, 6) is 0.670. The normalized spacial score (nSPS) is 11.6. The van der Waals surface area contributed by atoms with Gasteiger partial charge in [0.15, 0.2) is 5.82 Å². The monoisotopic (exact) mass is 711 g/mol. The minimum absolute atomic E-state index is 0.670. The first-order chi connectivity index (χ1) is 27.8. The smallest absolute Gasteiger partial charge is 0.160 e. The molecular formula is C53H33N3. The minimum Gasteiger partial charge on any atom is -0.255 e. The SMILES string of the molecule is c1ccc(-c2cc(-c3ccccn3)nc(-c3ccc(-c4ccc5c6c(cccc46)-c4c-5c(-c5ccccc5)c5ccccc5c4-c4ccccc4)cc3)n2)cc1. The number of hydrogen-bond donors (Lipinski definition) is 0. The molecule has 0 fully saturated rings. The summed E-state index contributed by atoms with van der Waals surface area (Å²) in [6.07, 6.45) is 1.80. The van der Waals surface area contributed by atoms with E-state index in [1.54, 1.807) is 6.20 Å². The Labute approximate surface area is 325 Å². The van der Waals surface area contributed by atoms with Crippen LogP contribution in [0.4, 0.5) is 0 Å². The van der Waals surface area contributed by atoms with Crippen molar-refractivity contribution in [3.63, 3.8) is 0 Å². The molecule has 2 heterocycles. The third kappa shape index (κ3) is 5.17. The molecule has 0 spiro atoms. The van der Waals surface area contributed by atoms with Crippen LogP contribution < -0.4 is 0 Å². The van der Waals surface area contributed by atoms with E-state index in [1.807, 2.05) is 42.5 Å². The van der Waals surface area contributed by atoms with Crippen molar-refractivity contribution in [2.45, 2.75) is 0 Å². The van der Waals surface area contributed by atoms with Gasteiger partial charge >= 0.3 is 0 Å². The molecule has 0 unspecified atom stereocenters. The standard InChI is InChI=1S/C53H33N3/c1-4-15-35(16-5-1)46-33-47(45-25-12-13-32-54-45)56-53(55-46)38-28-26-34(27-29-38)39-30-31-44-50-40(39)23-14-24-43(50)51-48(36-17-6-2-7-18-36)41-21-10-11-22-42(41)49(52(44)51)37-19-8-3-9-20-37/h1-33H. The lowest BCUT2D eigenvalue weighted by Crippen LogP contribution is -1.96. The Morgan fingerprint density at radius 2 is 0.804 bits per heavy atom. The highest BCUT2D eigenvalue weighted by Crippen LogP contribution is 2.58. The van der Waals surface area contributed by atoms with Crippen molar-refractivity contribution in [3.05, 3.63) is 200 Å². The molecule has 0 amide bonds. The number of rotatable bonds is 6. The van der Waals surface area contributed by atoms with E-state index in [0.717, 1.165) is 33.8 Å². The second-order valence-electron chi connectivity index (χ2n) is 14.3. The van der Waals surface area contributed by atoms with E-state index >= 15 is 0 Å². The highest BCUT2D eigenvalue weighted by Gasteiger charge is 2.31. The highest BCUT2D eigenvalue weighted by molar-refractivity contribution is 6.28. The van der Waals surface area contributed by atoms with E-state index in [-0.39, 0.29) is 0 Å². The average Bonchev–Trinajstić information content (AvgIpc) is 3.61. The average molecular weight is 712 g/mol. The van der Waals surface area contributed by atoms with Crippen molar-refractivity contribution < 1.29 is 0 Å². The Morgan fingerprint density at radius 3 is 1.43 bits per heavy atom. The number of aromatic nitrogens is 3. The van der Waals surface area contributed by atoms with Gasteiger partial charge in [0.05, 0.1) is 17.1 Å². The van der Waals surface area contributed by atoms with Gasteiger partial charge in [-0.1, -0.05) is 176 Å². The van der Waals surface area contributed by atoms with E-state index in [4.69, 9.17) is 9.97 Å². The Hall–Kier alpha value is -7.49. The van der Waals surface area contributed by atoms with Crippen LogP contribution in [0.5, 0.6) is 0 Å². The molecule has 0 atom stereocenters. The lowest BCUT2D eigenvalue weighted by atomic mass is 9.82. The predicted octanol–water partition coefficient (Wildman–Crippen LogP) is 13.8. The molecule has 260 valence electrons. The molecule has 3 heteroatoms. The molecular weight excluding hydrogens is 679 g/mol. The molecule has 0 saturated carbocycles. The minimum atomic E-state index is 0.670. The van der Waals surface area contributed by atoms with Crippen molar-refractivity contribution in [2.75, 3.05) is 0 Å². The van der Waals surface area contributed by atoms with Gasteiger partial charge in [-0.05, 0) is 95.4 Å². The zero-order valence-corrected chi connectivity index (χ0v) is 30.4. The van der Waals surface area contributed by atoms with Crippen LogP contribution in [-0.2, 0) is 0 Å². The molecule has 3 nitrogen and oxygen atoms in total. The molecule has 8 aromatic carbocycles. The zero-order chi connectivity index (χ0) is 37.0. The van der Waals surface area contributed by atoms with Crippen LogP contribution >= 0.6 is 0 Å². The topological polar surface area (TPSA) is 38.7 Å². The zero-order valence-electron chi connectivity index (χ0n) is 30.4. The van der Waals surface area contributed by atoms with Crippen LogP contribution in [0.1, 0.15) is 0 Å². The molecule has 1 aliphatic carbocycles. The first-order valence-electron chi connectivity index (χ1n) is 19.0. The van der Waals surface area contributed by atoms with Gasteiger partial charge < -0.3 is 0 Å². The molecule has 11 rings (SSSR count). The Balaban J connectivity index is 1.09. The molecule has 0 aliphatic heterocycles. The lowest BCUT2D eigenvalue weighted by Gasteiger charge is -2.20. The van der Waals surface area contributed by atoms with Gasteiger partial charge in [-0.15, -0.1) is 0 Å². The highest BCUT2D eigenvalue weighted by atomic mass is 14.9. The van der Waals surface area contributed by atoms with Crippen molar-refractivity contribution in [1.82, 2.24) is 15.0 Å². The van der Waals surface area contributed by atoms with Gasteiger partial charge in [-0.3, -0.25) is 4.98 Å². The molecule has 0 radical (unpaired) electrons. The largest absolute Gasteiger partial charge is 0.255 e. The van der Waals surface area contributed by atoms with Crippen molar-refractivity contribution in [1.29, 1.82) is 0 Å². The van der Waals surface area contributed by atoms with Crippen LogP contribution in [0.2, 0.25) is 0 Å². The van der Waals surface area contributed by atoms with Gasteiger partial charge in [-0.25, -0.2) is 9.97 Å². The number of hydrogen-bond acceptors (Lipinski definition) is 3. The fourth-order valence-electron chi connectivity index (χ4n) is 8.64. The van der Waals surface area contributed by atoms with E-state index in [1.165, 1.54) is 71.6 Å². The molecule has 0 N–H and O–H groups in total. The predicted molar refractivity (Wildman–Crippen MR) is 232 cm³/mol. The quantitative estimate of drug-likeness (QED) is 0.172. The van der Waals surface area contributed by atoms with Crippen LogP contribution in [0.25, 0.3) is 111 Å². The number of fused-ring (bicyclic) bond motifs is 4. The Kier molecular flexibility index (Phi) is 7.49. The van der Waals surface area contributed by atoms with Crippen molar-refractivity contribution >= 4 is 21.5 Å². The maximum absolute atomic E-state index is 5.06. The first kappa shape index (κ1) is 32.0. The lowest BCUT2D eigenvalue weighted by molar-refractivity contribution is 1.16. The summed E-state index contributed by atoms with van der Waals surface area (Å²) in [5.41, 5.74) is 17.0. The molecule has 2 aromatic heterocycles. The van der Waals surface area contributed by atoms with E-state index < -0.39 is 0 Å². The maximum atomic E-state index is 5.06. The van der Waals surface area contributed by atoms with Gasteiger partial charge in [0.25, 0.3) is 0 Å². The number of nitrogens with zero attached hydrogens (tertiary/aromatic N) is 3. The molecule has 0 bridgehead atoms. The summed E-state index contributed by atoms with van der Waals surface area (Å²) < 4.78 is 0. The van der Waals surface area contributed by atoms with E-state index in [0.29, 0.717) is 5.82 Å². The summed E-state index contributed by atoms with van der Waals surface area (Å²) in [7, 11) is 0. The van der Waals surface area contributed by atoms with Gasteiger partial charge in [-0.2, -0.15) is 0 Å². The summed E-state index contributed by atoms with van der Waals surface area (Å²) in [5, 5.41) is 5.07. The third-order valence-corrected chi connectivity index (χ3v) is 11.1. The summed E-state index contributed by atoms with van der Waals surface area (Å²) in [6.45, 7) is 0. The second kappa shape index (κ2) is 13.1. The summed E-state index contributed by atoms with van der Waals surface area (Å²) in [4.78, 5) is 14.7. The molecule has 0 saturated heterocycles. The molecule has 10 aromatic rings. The van der Waals surface area contributed by atoms with Gasteiger partial charge in [0.2, 0.25) is 0 Å². The first-order valence-corrected chi connectivity index (χ1v) is 19.0. The van der Waals surface area contributed by atoms with Crippen molar-refractivity contribution in [2.24, 2.45) is 0 Å². The van der Waals surface area contributed by atoms with Crippen LogP contribution in [-0.4, -0.2) is 15.0 Å². The van der Waals surface area contributed by atoms with Gasteiger partial charge in [0.1, 0.15) is 0 Å². The Morgan fingerprint density at radius 1 is 0.286 bits per heavy atom. The molecule has 1 aliphatic rings. The molecule has 56 heavy (non-hydrogen) atoms. The van der Waals surface area contributed by atoms with E-state index in [2.05, 4.69) is 157 Å². The summed E-state index contributed by atoms with van der Waals surface area (Å²) >= 11 is 0. The van der Waals surface area contributed by atoms with Crippen LogP contribution in [0, 0.1) is 0 Å². The fraction of sp³-hybridized carbons (Fsp3) is 0. The second-order valence-corrected chi connectivity index (χ2v) is 14.3. The van der Waals surface area contributed by atoms with E-state index in [9.17, 15) is 0 Å². The Bertz CT molecular complexity index is 2940. The third-order valence-electron chi connectivity index (χ3n) is 11.1. The van der Waals surface area contributed by atoms with Crippen molar-refractivity contribution in [3.8, 4) is 89.7 Å².